The van der Waals surface area contributed by atoms with Crippen LogP contribution in [0.5, 0.6) is 0 Å². The van der Waals surface area contributed by atoms with Gasteiger partial charge in [0, 0.05) is 18.6 Å². The van der Waals surface area contributed by atoms with Gasteiger partial charge in [-0.3, -0.25) is 0 Å². The molecular weight excluding hydrogens is 196 g/mol. The van der Waals surface area contributed by atoms with Gasteiger partial charge in [0.15, 0.2) is 0 Å². The molecule has 2 heteroatoms. The van der Waals surface area contributed by atoms with Crippen molar-refractivity contribution in [2.45, 2.75) is 52.1 Å². The van der Waals surface area contributed by atoms with Crippen LogP contribution in [0.2, 0.25) is 0 Å². The lowest BCUT2D eigenvalue weighted by Crippen LogP contribution is -2.54. The Kier molecular flexibility index (Phi) is 3.60. The van der Waals surface area contributed by atoms with Crippen molar-refractivity contribution < 1.29 is 0 Å². The molecular formula is C14H28N2. The Balaban J connectivity index is 1.90. The maximum atomic E-state index is 6.35. The first kappa shape index (κ1) is 12.4. The second-order valence-electron chi connectivity index (χ2n) is 6.62. The Morgan fingerprint density at radius 3 is 2.19 bits per heavy atom. The number of hydrogen-bond donors (Lipinski definition) is 1. The molecule has 0 aromatic carbocycles. The number of likely N-dealkylation sites (N-methyl/N-ethyl adjacent to an activating group) is 1. The van der Waals surface area contributed by atoms with Crippen LogP contribution >= 0.6 is 0 Å². The highest BCUT2D eigenvalue weighted by molar-refractivity contribution is 4.94. The topological polar surface area (TPSA) is 29.3 Å². The molecule has 94 valence electrons. The van der Waals surface area contributed by atoms with Crippen LogP contribution in [-0.2, 0) is 0 Å². The van der Waals surface area contributed by atoms with Crippen LogP contribution in [0.3, 0.4) is 0 Å². The zero-order valence-electron chi connectivity index (χ0n) is 11.3. The van der Waals surface area contributed by atoms with Crippen molar-refractivity contribution in [3.8, 4) is 0 Å². The minimum absolute atomic E-state index is 0.387. The van der Waals surface area contributed by atoms with Crippen molar-refractivity contribution >= 4 is 0 Å². The monoisotopic (exact) mass is 224 g/mol. The second kappa shape index (κ2) is 4.66. The molecule has 0 heterocycles. The summed E-state index contributed by atoms with van der Waals surface area (Å²) in [6.45, 7) is 8.35. The normalized spacial score (nSPS) is 48.4. The summed E-state index contributed by atoms with van der Waals surface area (Å²) in [5.41, 5.74) is 6.35. The molecule has 2 saturated carbocycles. The molecule has 0 radical (unpaired) electrons. The van der Waals surface area contributed by atoms with Gasteiger partial charge in [0.25, 0.3) is 0 Å². The van der Waals surface area contributed by atoms with E-state index in [0.717, 1.165) is 23.7 Å². The van der Waals surface area contributed by atoms with Gasteiger partial charge in [0.05, 0.1) is 0 Å². The van der Waals surface area contributed by atoms with Crippen molar-refractivity contribution in [3.63, 3.8) is 0 Å². The molecule has 0 aliphatic heterocycles. The Labute approximate surface area is 101 Å². The van der Waals surface area contributed by atoms with E-state index in [4.69, 9.17) is 5.73 Å². The van der Waals surface area contributed by atoms with Crippen LogP contribution in [0.25, 0.3) is 0 Å². The van der Waals surface area contributed by atoms with Crippen molar-refractivity contribution in [1.82, 2.24) is 4.90 Å². The van der Waals surface area contributed by atoms with E-state index in [2.05, 4.69) is 32.7 Å². The van der Waals surface area contributed by atoms with Crippen LogP contribution in [0.1, 0.15) is 40.0 Å². The molecule has 6 atom stereocenters. The van der Waals surface area contributed by atoms with Crippen molar-refractivity contribution in [2.75, 3.05) is 13.6 Å². The summed E-state index contributed by atoms with van der Waals surface area (Å²) in [6, 6.07) is 1.00. The quantitative estimate of drug-likeness (QED) is 0.797. The van der Waals surface area contributed by atoms with Gasteiger partial charge >= 0.3 is 0 Å². The first-order valence-corrected chi connectivity index (χ1v) is 6.94. The highest BCUT2D eigenvalue weighted by Crippen LogP contribution is 2.39. The maximum absolute atomic E-state index is 6.35. The molecule has 16 heavy (non-hydrogen) atoms. The lowest BCUT2D eigenvalue weighted by Gasteiger charge is -2.43. The van der Waals surface area contributed by atoms with Crippen LogP contribution in [0, 0.1) is 23.7 Å². The van der Waals surface area contributed by atoms with Gasteiger partial charge in [-0.2, -0.15) is 0 Å². The van der Waals surface area contributed by atoms with Gasteiger partial charge in [-0.05, 0) is 50.0 Å². The minimum Gasteiger partial charge on any atom is -0.326 e. The highest BCUT2D eigenvalue weighted by atomic mass is 15.2. The maximum Gasteiger partial charge on any atom is 0.0270 e. The fraction of sp³-hybridized carbons (Fsp3) is 1.00. The minimum atomic E-state index is 0.387. The smallest absolute Gasteiger partial charge is 0.0270 e. The zero-order valence-corrected chi connectivity index (χ0v) is 11.3. The number of nitrogens with two attached hydrogens (primary N) is 1. The first-order chi connectivity index (χ1) is 7.49. The highest BCUT2D eigenvalue weighted by Gasteiger charge is 2.39. The molecule has 0 amide bonds. The molecule has 2 fully saturated rings. The van der Waals surface area contributed by atoms with Gasteiger partial charge in [-0.25, -0.2) is 0 Å². The molecule has 2 aliphatic rings. The molecule has 0 aromatic rings. The van der Waals surface area contributed by atoms with E-state index >= 15 is 0 Å². The number of hydrogen-bond acceptors (Lipinski definition) is 2. The van der Waals surface area contributed by atoms with E-state index in [1.54, 1.807) is 0 Å². The summed E-state index contributed by atoms with van der Waals surface area (Å²) >= 11 is 0. The molecule has 2 rings (SSSR count). The standard InChI is InChI=1S/C14H28N2/c1-9-5-11(3)14(13(15)6-9)16(4)8-12-7-10(12)2/h9-14H,5-8,15H2,1-4H3. The Morgan fingerprint density at radius 2 is 1.69 bits per heavy atom. The van der Waals surface area contributed by atoms with E-state index in [1.165, 1.54) is 25.8 Å². The fourth-order valence-electron chi connectivity index (χ4n) is 3.80. The van der Waals surface area contributed by atoms with E-state index in [9.17, 15) is 0 Å². The summed E-state index contributed by atoms with van der Waals surface area (Å²) in [6.07, 6.45) is 3.99. The number of nitrogens with zero attached hydrogens (tertiary/aromatic N) is 1. The number of rotatable bonds is 3. The summed E-state index contributed by atoms with van der Waals surface area (Å²) < 4.78 is 0. The fourth-order valence-corrected chi connectivity index (χ4v) is 3.80. The average molecular weight is 224 g/mol. The van der Waals surface area contributed by atoms with E-state index in [1.807, 2.05) is 0 Å². The van der Waals surface area contributed by atoms with Gasteiger partial charge in [-0.15, -0.1) is 0 Å². The molecule has 0 saturated heterocycles. The lowest BCUT2D eigenvalue weighted by atomic mass is 9.76. The summed E-state index contributed by atoms with van der Waals surface area (Å²) in [5.74, 6) is 3.48. The lowest BCUT2D eigenvalue weighted by molar-refractivity contribution is 0.0918. The third kappa shape index (κ3) is 2.60. The van der Waals surface area contributed by atoms with E-state index in [-0.39, 0.29) is 0 Å². The van der Waals surface area contributed by atoms with Crippen molar-refractivity contribution in [2.24, 2.45) is 29.4 Å². The molecule has 2 N–H and O–H groups in total. The molecule has 6 unspecified atom stereocenters. The summed E-state index contributed by atoms with van der Waals surface area (Å²) in [5, 5.41) is 0. The van der Waals surface area contributed by atoms with Gasteiger partial charge in [0.2, 0.25) is 0 Å². The van der Waals surface area contributed by atoms with Crippen molar-refractivity contribution in [3.05, 3.63) is 0 Å². The molecule has 2 nitrogen and oxygen atoms in total. The van der Waals surface area contributed by atoms with Gasteiger partial charge in [0.1, 0.15) is 0 Å². The molecule has 0 bridgehead atoms. The predicted octanol–water partition coefficient (Wildman–Crippen LogP) is 2.34. The SMILES string of the molecule is CC1CC(C)C(N(C)CC2CC2C)C(N)C1. The van der Waals surface area contributed by atoms with E-state index in [0.29, 0.717) is 12.1 Å². The molecule has 2 aliphatic carbocycles. The van der Waals surface area contributed by atoms with Gasteiger partial charge < -0.3 is 10.6 Å². The Morgan fingerprint density at radius 1 is 1.06 bits per heavy atom. The van der Waals surface area contributed by atoms with Crippen LogP contribution in [0.15, 0.2) is 0 Å². The molecule has 0 aromatic heterocycles. The third-order valence-electron chi connectivity index (χ3n) is 4.78. The molecule has 0 spiro atoms. The van der Waals surface area contributed by atoms with Crippen LogP contribution in [0.4, 0.5) is 0 Å². The zero-order chi connectivity index (χ0) is 11.9. The second-order valence-corrected chi connectivity index (χ2v) is 6.62. The van der Waals surface area contributed by atoms with Gasteiger partial charge in [-0.1, -0.05) is 20.8 Å². The average Bonchev–Trinajstić information content (AvgIpc) is 2.79. The van der Waals surface area contributed by atoms with Crippen LogP contribution < -0.4 is 5.73 Å². The van der Waals surface area contributed by atoms with Crippen LogP contribution in [-0.4, -0.2) is 30.6 Å². The summed E-state index contributed by atoms with van der Waals surface area (Å²) in [7, 11) is 2.28. The Bertz CT molecular complexity index is 229. The van der Waals surface area contributed by atoms with E-state index < -0.39 is 0 Å². The third-order valence-corrected chi connectivity index (χ3v) is 4.78. The summed E-state index contributed by atoms with van der Waals surface area (Å²) in [4.78, 5) is 2.55. The predicted molar refractivity (Wildman–Crippen MR) is 69.2 cm³/mol. The first-order valence-electron chi connectivity index (χ1n) is 6.94. The largest absolute Gasteiger partial charge is 0.326 e. The Hall–Kier alpha value is -0.0800. The van der Waals surface area contributed by atoms with Crippen molar-refractivity contribution in [1.29, 1.82) is 0 Å².